The molecule has 0 amide bonds. The number of Topliss-reactive ketones (excluding diaryl/α,β-unsaturated/α-hetero) is 4. The van der Waals surface area contributed by atoms with Crippen molar-refractivity contribution in [1.82, 2.24) is 5.23 Å². The number of ketones is 4. The number of carbonyl (C=O) groups is 4. The van der Waals surface area contributed by atoms with E-state index < -0.39 is 45.8 Å². The quantitative estimate of drug-likeness (QED) is 0.576. The smallest absolute Gasteiger partial charge is 0.163 e. The first kappa shape index (κ1) is 18.6. The number of hydrogen-bond donors (Lipinski definition) is 2. The Hall–Kier alpha value is -1.44. The zero-order chi connectivity index (χ0) is 17.5. The Morgan fingerprint density at radius 3 is 1.86 bits per heavy atom. The highest BCUT2D eigenvalue weighted by molar-refractivity contribution is 6.35. The van der Waals surface area contributed by atoms with Crippen LogP contribution < -0.4 is 0 Å². The topological polar surface area (TPSA) is 112 Å². The van der Waals surface area contributed by atoms with Gasteiger partial charge in [-0.05, 0) is 34.1 Å². The molecule has 22 heavy (non-hydrogen) atoms. The average molecular weight is 313 g/mol. The molecule has 0 radical (unpaired) electrons. The van der Waals surface area contributed by atoms with E-state index in [1.165, 1.54) is 34.6 Å². The molecular weight excluding hydrogens is 290 g/mol. The normalized spacial score (nSPS) is 23.0. The lowest BCUT2D eigenvalue weighted by Gasteiger charge is -2.40. The molecule has 1 saturated carbocycles. The molecule has 0 spiro atoms. The van der Waals surface area contributed by atoms with Crippen LogP contribution in [-0.2, 0) is 19.2 Å². The van der Waals surface area contributed by atoms with Gasteiger partial charge in [-0.3, -0.25) is 29.6 Å². The van der Waals surface area contributed by atoms with Gasteiger partial charge >= 0.3 is 0 Å². The summed E-state index contributed by atoms with van der Waals surface area (Å²) in [6.45, 7) is 7.05. The molecule has 0 bridgehead atoms. The molecule has 1 unspecified atom stereocenters. The summed E-state index contributed by atoms with van der Waals surface area (Å²) < 4.78 is 0. The molecule has 124 valence electrons. The highest BCUT2D eigenvalue weighted by Gasteiger charge is 2.60. The zero-order valence-corrected chi connectivity index (χ0v) is 13.5. The largest absolute Gasteiger partial charge is 0.298 e. The Bertz CT molecular complexity index is 490. The van der Waals surface area contributed by atoms with E-state index in [9.17, 15) is 19.2 Å². The van der Waals surface area contributed by atoms with Crippen molar-refractivity contribution in [3.63, 3.8) is 0 Å². The predicted octanol–water partition coefficient (Wildman–Crippen LogP) is 1.05. The maximum Gasteiger partial charge on any atom is 0.163 e. The van der Waals surface area contributed by atoms with Crippen LogP contribution in [0.1, 0.15) is 41.0 Å². The second-order valence-electron chi connectivity index (χ2n) is 6.93. The van der Waals surface area contributed by atoms with Gasteiger partial charge in [0.1, 0.15) is 5.92 Å². The van der Waals surface area contributed by atoms with E-state index in [4.69, 9.17) is 10.4 Å². The molecule has 0 aromatic carbocycles. The Labute approximate surface area is 129 Å². The van der Waals surface area contributed by atoms with Gasteiger partial charge in [0.15, 0.2) is 23.1 Å². The first-order valence-electron chi connectivity index (χ1n) is 7.17. The van der Waals surface area contributed by atoms with Crippen molar-refractivity contribution >= 4 is 23.1 Å². The van der Waals surface area contributed by atoms with Gasteiger partial charge in [0, 0.05) is 5.92 Å². The summed E-state index contributed by atoms with van der Waals surface area (Å²) in [6, 6.07) is 0. The molecule has 7 heteroatoms. The summed E-state index contributed by atoms with van der Waals surface area (Å²) >= 11 is 0. The highest BCUT2D eigenvalue weighted by Crippen LogP contribution is 2.41. The van der Waals surface area contributed by atoms with Gasteiger partial charge in [-0.2, -0.15) is 0 Å². The number of nitrogens with zero attached hydrogens (tertiary/aromatic N) is 1. The third-order valence-electron chi connectivity index (χ3n) is 4.42. The van der Waals surface area contributed by atoms with Crippen molar-refractivity contribution in [2.24, 2.45) is 22.7 Å². The molecule has 1 rings (SSSR count). The maximum atomic E-state index is 12.5. The Morgan fingerprint density at radius 2 is 1.50 bits per heavy atom. The lowest BCUT2D eigenvalue weighted by atomic mass is 9.57. The number of hydrogen-bond acceptors (Lipinski definition) is 7. The Morgan fingerprint density at radius 1 is 1.09 bits per heavy atom. The number of rotatable bonds is 5. The molecule has 1 fully saturated rings. The lowest BCUT2D eigenvalue weighted by molar-refractivity contribution is -0.307. The van der Waals surface area contributed by atoms with Crippen molar-refractivity contribution < 1.29 is 29.6 Å². The SMILES string of the molecule is CC(CCN(O)O)C(=O)C1C(=O)C(C)(C)C(=O)C(C)(C)C1=O. The van der Waals surface area contributed by atoms with Crippen LogP contribution in [0.3, 0.4) is 0 Å². The van der Waals surface area contributed by atoms with E-state index in [1.807, 2.05) is 0 Å². The van der Waals surface area contributed by atoms with Crippen molar-refractivity contribution in [2.45, 2.75) is 41.0 Å². The van der Waals surface area contributed by atoms with Crippen molar-refractivity contribution in [3.8, 4) is 0 Å². The minimum absolute atomic E-state index is 0.0499. The van der Waals surface area contributed by atoms with Gasteiger partial charge in [0.25, 0.3) is 0 Å². The standard InChI is InChI=1S/C15H23NO6/c1-8(6-7-16(21)22)10(17)9-11(18)14(2,3)13(20)15(4,5)12(9)19/h8-9,21-22H,6-7H2,1-5H3. The second kappa shape index (κ2) is 5.98. The molecule has 1 atom stereocenters. The molecule has 0 heterocycles. The second-order valence-corrected chi connectivity index (χ2v) is 6.93. The van der Waals surface area contributed by atoms with Crippen molar-refractivity contribution in [3.05, 3.63) is 0 Å². The van der Waals surface area contributed by atoms with Crippen LogP contribution in [0.5, 0.6) is 0 Å². The summed E-state index contributed by atoms with van der Waals surface area (Å²) in [5.74, 6) is -4.59. The lowest BCUT2D eigenvalue weighted by Crippen LogP contribution is -2.59. The molecule has 1 aliphatic carbocycles. The average Bonchev–Trinajstić information content (AvgIpc) is 2.42. The molecule has 0 aliphatic heterocycles. The maximum absolute atomic E-state index is 12.5. The van der Waals surface area contributed by atoms with E-state index in [-0.39, 0.29) is 18.2 Å². The van der Waals surface area contributed by atoms with Gasteiger partial charge in [-0.25, -0.2) is 0 Å². The van der Waals surface area contributed by atoms with Crippen molar-refractivity contribution in [1.29, 1.82) is 0 Å². The Kier molecular flexibility index (Phi) is 5.06. The van der Waals surface area contributed by atoms with Crippen LogP contribution in [0.4, 0.5) is 0 Å². The minimum atomic E-state index is -1.47. The van der Waals surface area contributed by atoms with Gasteiger partial charge in [0.2, 0.25) is 0 Å². The third-order valence-corrected chi connectivity index (χ3v) is 4.42. The Balaban J connectivity index is 3.11. The predicted molar refractivity (Wildman–Crippen MR) is 75.1 cm³/mol. The first-order chi connectivity index (χ1) is 9.85. The highest BCUT2D eigenvalue weighted by atomic mass is 16.8. The molecule has 0 aromatic rings. The molecule has 0 saturated heterocycles. The summed E-state index contributed by atoms with van der Waals surface area (Å²) in [6.07, 6.45) is 0.0810. The van der Waals surface area contributed by atoms with Crippen LogP contribution in [-0.4, -0.2) is 45.3 Å². The van der Waals surface area contributed by atoms with Crippen LogP contribution in [0.15, 0.2) is 0 Å². The van der Waals surface area contributed by atoms with Gasteiger partial charge in [0.05, 0.1) is 17.4 Å². The first-order valence-corrected chi connectivity index (χ1v) is 7.17. The van der Waals surface area contributed by atoms with E-state index in [2.05, 4.69) is 0 Å². The van der Waals surface area contributed by atoms with Crippen molar-refractivity contribution in [2.75, 3.05) is 6.54 Å². The molecule has 7 nitrogen and oxygen atoms in total. The number of carbonyl (C=O) groups excluding carboxylic acids is 4. The fourth-order valence-corrected chi connectivity index (χ4v) is 2.84. The fourth-order valence-electron chi connectivity index (χ4n) is 2.84. The summed E-state index contributed by atoms with van der Waals surface area (Å²) in [5, 5.41) is 17.3. The van der Waals surface area contributed by atoms with E-state index >= 15 is 0 Å². The van der Waals surface area contributed by atoms with E-state index in [0.29, 0.717) is 0 Å². The summed E-state index contributed by atoms with van der Waals surface area (Å²) in [5.41, 5.74) is -2.78. The van der Waals surface area contributed by atoms with Gasteiger partial charge in [-0.1, -0.05) is 12.2 Å². The van der Waals surface area contributed by atoms with Crippen LogP contribution >= 0.6 is 0 Å². The molecule has 0 aromatic heterocycles. The van der Waals surface area contributed by atoms with E-state index in [0.717, 1.165) is 0 Å². The molecular formula is C15H23NO6. The monoisotopic (exact) mass is 313 g/mol. The van der Waals surface area contributed by atoms with Crippen LogP contribution in [0.2, 0.25) is 0 Å². The summed E-state index contributed by atoms with van der Waals surface area (Å²) in [7, 11) is 0. The minimum Gasteiger partial charge on any atom is -0.298 e. The zero-order valence-electron chi connectivity index (χ0n) is 13.5. The van der Waals surface area contributed by atoms with E-state index in [1.54, 1.807) is 0 Å². The summed E-state index contributed by atoms with van der Waals surface area (Å²) in [4.78, 5) is 49.7. The van der Waals surface area contributed by atoms with Crippen LogP contribution in [0, 0.1) is 22.7 Å². The molecule has 1 aliphatic rings. The van der Waals surface area contributed by atoms with Crippen LogP contribution in [0.25, 0.3) is 0 Å². The number of hydroxylamine groups is 2. The molecule has 2 N–H and O–H groups in total. The third kappa shape index (κ3) is 3.02. The van der Waals surface area contributed by atoms with Gasteiger partial charge < -0.3 is 0 Å². The van der Waals surface area contributed by atoms with Gasteiger partial charge in [-0.15, -0.1) is 0 Å². The fraction of sp³-hybridized carbons (Fsp3) is 0.733.